The molecule has 2 amide bonds. The molecule has 33 heavy (non-hydrogen) atoms. The molecule has 4 rings (SSSR count). The summed E-state index contributed by atoms with van der Waals surface area (Å²) in [6.07, 6.45) is -0.674. The van der Waals surface area contributed by atoms with E-state index in [1.54, 1.807) is 37.3 Å². The third kappa shape index (κ3) is 4.87. The van der Waals surface area contributed by atoms with Gasteiger partial charge < -0.3 is 24.1 Å². The van der Waals surface area contributed by atoms with Crippen molar-refractivity contribution >= 4 is 40.1 Å². The van der Waals surface area contributed by atoms with Crippen molar-refractivity contribution in [3.8, 4) is 5.75 Å². The van der Waals surface area contributed by atoms with Crippen molar-refractivity contribution in [1.82, 2.24) is 0 Å². The van der Waals surface area contributed by atoms with Gasteiger partial charge in [-0.15, -0.1) is 0 Å². The van der Waals surface area contributed by atoms with Crippen molar-refractivity contribution in [2.24, 2.45) is 0 Å². The Morgan fingerprint density at radius 3 is 2.70 bits per heavy atom. The standard InChI is InChI=1S/C24H22N2O7/c1-14-24(30)26(19-5-3-4-6-20(19)32-14)10-9-22(28)31-13-16-11-23(29)33-21-12-17(25-15(2)27)7-8-18(16)21/h3-8,11-12,14H,9-10,13H2,1-2H3,(H,25,27)/t14-/m0/s1. The summed E-state index contributed by atoms with van der Waals surface area (Å²) in [5, 5.41) is 3.21. The smallest absolute Gasteiger partial charge is 0.336 e. The number of benzene rings is 2. The molecule has 1 N–H and O–H groups in total. The minimum absolute atomic E-state index is 0.0289. The van der Waals surface area contributed by atoms with Crippen LogP contribution in [0.5, 0.6) is 5.75 Å². The molecule has 1 aliphatic rings. The van der Waals surface area contributed by atoms with Crippen LogP contribution in [0.25, 0.3) is 11.0 Å². The molecule has 0 spiro atoms. The molecular formula is C24H22N2O7. The van der Waals surface area contributed by atoms with Crippen molar-refractivity contribution in [3.63, 3.8) is 0 Å². The normalized spacial score (nSPS) is 15.0. The molecule has 0 unspecified atom stereocenters. The van der Waals surface area contributed by atoms with Crippen LogP contribution in [0, 0.1) is 0 Å². The molecule has 9 heteroatoms. The maximum atomic E-state index is 12.5. The Morgan fingerprint density at radius 2 is 1.91 bits per heavy atom. The van der Waals surface area contributed by atoms with Crippen LogP contribution in [0.4, 0.5) is 11.4 Å². The molecule has 170 valence electrons. The predicted octanol–water partition coefficient (Wildman–Crippen LogP) is 3.00. The van der Waals surface area contributed by atoms with Gasteiger partial charge in [0.25, 0.3) is 5.91 Å². The summed E-state index contributed by atoms with van der Waals surface area (Å²) < 4.78 is 16.2. The van der Waals surface area contributed by atoms with Crippen LogP contribution >= 0.6 is 0 Å². The van der Waals surface area contributed by atoms with E-state index in [0.717, 1.165) is 0 Å². The van der Waals surface area contributed by atoms with Crippen molar-refractivity contribution in [3.05, 3.63) is 64.5 Å². The highest BCUT2D eigenvalue weighted by atomic mass is 16.5. The molecule has 2 heterocycles. The molecule has 1 aliphatic heterocycles. The van der Waals surface area contributed by atoms with Gasteiger partial charge in [-0.2, -0.15) is 0 Å². The van der Waals surface area contributed by atoms with E-state index < -0.39 is 17.7 Å². The lowest BCUT2D eigenvalue weighted by atomic mass is 10.1. The largest absolute Gasteiger partial charge is 0.479 e. The number of carbonyl (C=O) groups excluding carboxylic acids is 3. The Balaban J connectivity index is 1.44. The summed E-state index contributed by atoms with van der Waals surface area (Å²) in [6.45, 7) is 3.04. The maximum absolute atomic E-state index is 12.5. The zero-order valence-electron chi connectivity index (χ0n) is 18.1. The van der Waals surface area contributed by atoms with Crippen LogP contribution < -0.4 is 20.6 Å². The molecule has 0 radical (unpaired) electrons. The summed E-state index contributed by atoms with van der Waals surface area (Å²) in [5.41, 5.74) is 1.24. The lowest BCUT2D eigenvalue weighted by molar-refractivity contribution is -0.144. The molecule has 1 aromatic heterocycles. The number of hydrogen-bond acceptors (Lipinski definition) is 7. The van der Waals surface area contributed by atoms with E-state index >= 15 is 0 Å². The second kappa shape index (κ2) is 9.15. The molecule has 3 aromatic rings. The fourth-order valence-corrected chi connectivity index (χ4v) is 3.65. The van der Waals surface area contributed by atoms with Crippen molar-refractivity contribution in [2.45, 2.75) is 33.0 Å². The van der Waals surface area contributed by atoms with Crippen LogP contribution in [-0.4, -0.2) is 30.4 Å². The lowest BCUT2D eigenvalue weighted by Crippen LogP contribution is -2.45. The van der Waals surface area contributed by atoms with E-state index in [1.165, 1.54) is 24.0 Å². The van der Waals surface area contributed by atoms with Gasteiger partial charge in [-0.25, -0.2) is 4.79 Å². The number of nitrogens with one attached hydrogen (secondary N) is 1. The first-order chi connectivity index (χ1) is 15.8. The van der Waals surface area contributed by atoms with Gasteiger partial charge in [-0.3, -0.25) is 14.4 Å². The maximum Gasteiger partial charge on any atom is 0.336 e. The summed E-state index contributed by atoms with van der Waals surface area (Å²) in [5.74, 6) is -0.421. The highest BCUT2D eigenvalue weighted by molar-refractivity contribution is 6.00. The second-order valence-corrected chi connectivity index (χ2v) is 7.61. The minimum atomic E-state index is -0.645. The molecular weight excluding hydrogens is 428 g/mol. The van der Waals surface area contributed by atoms with Gasteiger partial charge in [0.15, 0.2) is 6.10 Å². The predicted molar refractivity (Wildman–Crippen MR) is 120 cm³/mol. The zero-order chi connectivity index (χ0) is 23.5. The number of rotatable bonds is 6. The number of amides is 2. The van der Waals surface area contributed by atoms with Crippen LogP contribution in [0.2, 0.25) is 0 Å². The summed E-state index contributed by atoms with van der Waals surface area (Å²) >= 11 is 0. The average molecular weight is 450 g/mol. The van der Waals surface area contributed by atoms with Crippen molar-refractivity contribution < 1.29 is 28.3 Å². The van der Waals surface area contributed by atoms with Crippen molar-refractivity contribution in [1.29, 1.82) is 0 Å². The molecule has 0 bridgehead atoms. The fraction of sp³-hybridized carbons (Fsp3) is 0.250. The molecule has 1 atom stereocenters. The number of esters is 1. The summed E-state index contributed by atoms with van der Waals surface area (Å²) in [7, 11) is 0. The Bertz CT molecular complexity index is 1300. The highest BCUT2D eigenvalue weighted by Crippen LogP contribution is 2.33. The van der Waals surface area contributed by atoms with Gasteiger partial charge in [0.1, 0.15) is 17.9 Å². The van der Waals surface area contributed by atoms with E-state index in [-0.39, 0.29) is 37.0 Å². The van der Waals surface area contributed by atoms with Gasteiger partial charge in [0.05, 0.1) is 12.1 Å². The Hall–Kier alpha value is -4.14. The van der Waals surface area contributed by atoms with Crippen LogP contribution in [0.1, 0.15) is 25.8 Å². The molecule has 0 saturated carbocycles. The molecule has 0 aliphatic carbocycles. The molecule has 9 nitrogen and oxygen atoms in total. The minimum Gasteiger partial charge on any atom is -0.479 e. The number of nitrogens with zero attached hydrogens (tertiary/aromatic N) is 1. The van der Waals surface area contributed by atoms with Gasteiger partial charge in [-0.1, -0.05) is 12.1 Å². The van der Waals surface area contributed by atoms with Gasteiger partial charge >= 0.3 is 11.6 Å². The zero-order valence-corrected chi connectivity index (χ0v) is 18.1. The topological polar surface area (TPSA) is 115 Å². The molecule has 2 aromatic carbocycles. The van der Waals surface area contributed by atoms with Crippen LogP contribution in [0.15, 0.2) is 57.7 Å². The molecule has 0 saturated heterocycles. The summed E-state index contributed by atoms with van der Waals surface area (Å²) in [6, 6.07) is 13.3. The van der Waals surface area contributed by atoms with E-state index in [0.29, 0.717) is 28.1 Å². The number of anilines is 2. The van der Waals surface area contributed by atoms with E-state index in [2.05, 4.69) is 5.32 Å². The Labute approximate surface area is 188 Å². The first-order valence-electron chi connectivity index (χ1n) is 10.4. The quantitative estimate of drug-likeness (QED) is 0.453. The first-order valence-corrected chi connectivity index (χ1v) is 10.4. The van der Waals surface area contributed by atoms with Gasteiger partial charge in [0, 0.05) is 42.2 Å². The second-order valence-electron chi connectivity index (χ2n) is 7.61. The molecule has 0 fully saturated rings. The third-order valence-corrected chi connectivity index (χ3v) is 5.15. The highest BCUT2D eigenvalue weighted by Gasteiger charge is 2.31. The average Bonchev–Trinajstić information content (AvgIpc) is 2.77. The number of carbonyl (C=O) groups is 3. The summed E-state index contributed by atoms with van der Waals surface area (Å²) in [4.78, 5) is 49.7. The van der Waals surface area contributed by atoms with E-state index in [9.17, 15) is 19.2 Å². The fourth-order valence-electron chi connectivity index (χ4n) is 3.65. The van der Waals surface area contributed by atoms with Crippen LogP contribution in [-0.2, 0) is 25.7 Å². The van der Waals surface area contributed by atoms with Gasteiger partial charge in [-0.05, 0) is 31.2 Å². The first kappa shape index (κ1) is 22.1. The Kier molecular flexibility index (Phi) is 6.12. The number of fused-ring (bicyclic) bond motifs is 2. The number of ether oxygens (including phenoxy) is 2. The monoisotopic (exact) mass is 450 g/mol. The SMILES string of the molecule is CC(=O)Nc1ccc2c(COC(=O)CCN3C(=O)[C@H](C)Oc4ccccc43)cc(=O)oc2c1. The van der Waals surface area contributed by atoms with Gasteiger partial charge in [0.2, 0.25) is 5.91 Å². The van der Waals surface area contributed by atoms with Crippen molar-refractivity contribution in [2.75, 3.05) is 16.8 Å². The van der Waals surface area contributed by atoms with E-state index in [1.807, 2.05) is 6.07 Å². The van der Waals surface area contributed by atoms with E-state index in [4.69, 9.17) is 13.9 Å². The number of para-hydroxylation sites is 2. The lowest BCUT2D eigenvalue weighted by Gasteiger charge is -2.32. The van der Waals surface area contributed by atoms with Crippen LogP contribution in [0.3, 0.4) is 0 Å². The Morgan fingerprint density at radius 1 is 1.12 bits per heavy atom. The number of hydrogen-bond donors (Lipinski definition) is 1. The third-order valence-electron chi connectivity index (χ3n) is 5.15.